The van der Waals surface area contributed by atoms with Gasteiger partial charge in [0.25, 0.3) is 0 Å². The van der Waals surface area contributed by atoms with Gasteiger partial charge in [-0.1, -0.05) is 54.6 Å². The lowest BCUT2D eigenvalue weighted by molar-refractivity contribution is 1.20. The Labute approximate surface area is 143 Å². The lowest BCUT2D eigenvalue weighted by Crippen LogP contribution is -1.92. The maximum absolute atomic E-state index is 4.95. The Hall–Kier alpha value is -2.78. The second-order valence-electron chi connectivity index (χ2n) is 5.97. The molecule has 0 saturated carbocycles. The van der Waals surface area contributed by atoms with Crippen LogP contribution >= 0.6 is 11.3 Å². The Kier molecular flexibility index (Phi) is 2.91. The van der Waals surface area contributed by atoms with Gasteiger partial charge in [-0.05, 0) is 29.8 Å². The largest absolute Gasteiger partial charge is 0.248 e. The van der Waals surface area contributed by atoms with Gasteiger partial charge >= 0.3 is 0 Å². The van der Waals surface area contributed by atoms with Gasteiger partial charge in [-0.3, -0.25) is 0 Å². The van der Waals surface area contributed by atoms with Gasteiger partial charge in [0.2, 0.25) is 0 Å². The SMILES string of the molecule is Cc1nc2c(nc1-c1ccc3ccccc3c1)sc1ccccc12. The summed E-state index contributed by atoms with van der Waals surface area (Å²) in [4.78, 5) is 10.8. The Balaban J connectivity index is 1.78. The van der Waals surface area contributed by atoms with Crippen molar-refractivity contribution in [3.05, 3.63) is 72.4 Å². The van der Waals surface area contributed by atoms with E-state index < -0.39 is 0 Å². The highest BCUT2D eigenvalue weighted by Crippen LogP contribution is 2.34. The van der Waals surface area contributed by atoms with E-state index in [1.807, 2.05) is 6.92 Å². The van der Waals surface area contributed by atoms with E-state index in [4.69, 9.17) is 9.97 Å². The van der Waals surface area contributed by atoms with Crippen LogP contribution in [0.15, 0.2) is 66.7 Å². The number of nitrogens with zero attached hydrogens (tertiary/aromatic N) is 2. The molecule has 2 nitrogen and oxygen atoms in total. The topological polar surface area (TPSA) is 25.8 Å². The van der Waals surface area contributed by atoms with Crippen molar-refractivity contribution in [1.29, 1.82) is 0 Å². The van der Waals surface area contributed by atoms with Crippen molar-refractivity contribution in [1.82, 2.24) is 9.97 Å². The fourth-order valence-corrected chi connectivity index (χ4v) is 4.23. The van der Waals surface area contributed by atoms with E-state index >= 15 is 0 Å². The lowest BCUT2D eigenvalue weighted by Gasteiger charge is -2.06. The first kappa shape index (κ1) is 13.6. The Morgan fingerprint density at radius 3 is 2.50 bits per heavy atom. The smallest absolute Gasteiger partial charge is 0.143 e. The molecule has 0 unspecified atom stereocenters. The molecule has 0 atom stereocenters. The number of fused-ring (bicyclic) bond motifs is 4. The summed E-state index contributed by atoms with van der Waals surface area (Å²) >= 11 is 1.71. The Morgan fingerprint density at radius 1 is 0.792 bits per heavy atom. The summed E-state index contributed by atoms with van der Waals surface area (Å²) in [5.41, 5.74) is 4.08. The molecule has 2 heterocycles. The third kappa shape index (κ3) is 2.02. The molecular weight excluding hydrogens is 312 g/mol. The van der Waals surface area contributed by atoms with Crippen molar-refractivity contribution in [3.8, 4) is 11.3 Å². The number of thiophene rings is 1. The molecule has 0 N–H and O–H groups in total. The highest BCUT2D eigenvalue weighted by molar-refractivity contribution is 7.25. The van der Waals surface area contributed by atoms with Gasteiger partial charge in [-0.2, -0.15) is 0 Å². The monoisotopic (exact) mass is 326 g/mol. The zero-order valence-corrected chi connectivity index (χ0v) is 14.0. The number of benzene rings is 3. The van der Waals surface area contributed by atoms with E-state index in [1.54, 1.807) is 11.3 Å². The fraction of sp³-hybridized carbons (Fsp3) is 0.0476. The quantitative estimate of drug-likeness (QED) is 0.379. The van der Waals surface area contributed by atoms with E-state index in [0.717, 1.165) is 27.3 Å². The lowest BCUT2D eigenvalue weighted by atomic mass is 10.0. The molecule has 0 aliphatic heterocycles. The van der Waals surface area contributed by atoms with Gasteiger partial charge < -0.3 is 0 Å². The molecule has 0 aliphatic rings. The average molecular weight is 326 g/mol. The van der Waals surface area contributed by atoms with Crippen LogP contribution in [-0.2, 0) is 0 Å². The summed E-state index contributed by atoms with van der Waals surface area (Å²) < 4.78 is 1.24. The predicted octanol–water partition coefficient (Wildman–Crippen LogP) is 5.97. The second kappa shape index (κ2) is 5.11. The van der Waals surface area contributed by atoms with E-state index in [1.165, 1.54) is 20.9 Å². The molecule has 5 rings (SSSR count). The molecule has 0 radical (unpaired) electrons. The van der Waals surface area contributed by atoms with Crippen molar-refractivity contribution < 1.29 is 0 Å². The molecule has 0 amide bonds. The maximum atomic E-state index is 4.95. The van der Waals surface area contributed by atoms with Gasteiger partial charge in [-0.25, -0.2) is 9.97 Å². The number of hydrogen-bond acceptors (Lipinski definition) is 3. The first-order valence-corrected chi connectivity index (χ1v) is 8.76. The third-order valence-electron chi connectivity index (χ3n) is 4.41. The minimum absolute atomic E-state index is 0.972. The Morgan fingerprint density at radius 2 is 1.58 bits per heavy atom. The molecule has 0 fully saturated rings. The van der Waals surface area contributed by atoms with Crippen LogP contribution in [0.5, 0.6) is 0 Å². The van der Waals surface area contributed by atoms with Crippen LogP contribution < -0.4 is 0 Å². The standard InChI is InChI=1S/C21H14N2S/c1-13-19(16-11-10-14-6-2-3-7-15(14)12-16)23-21-20(22-13)17-8-4-5-9-18(17)24-21/h2-12H,1H3. The van der Waals surface area contributed by atoms with Gasteiger partial charge in [-0.15, -0.1) is 11.3 Å². The summed E-state index contributed by atoms with van der Waals surface area (Å²) in [5.74, 6) is 0. The minimum Gasteiger partial charge on any atom is -0.248 e. The minimum atomic E-state index is 0.972. The molecule has 2 aromatic heterocycles. The number of rotatable bonds is 1. The summed E-state index contributed by atoms with van der Waals surface area (Å²) in [5, 5.41) is 3.67. The molecule has 0 spiro atoms. The van der Waals surface area contributed by atoms with Crippen LogP contribution in [0.4, 0.5) is 0 Å². The van der Waals surface area contributed by atoms with Crippen LogP contribution in [-0.4, -0.2) is 9.97 Å². The van der Waals surface area contributed by atoms with Crippen LogP contribution in [0.25, 0.3) is 42.5 Å². The fourth-order valence-electron chi connectivity index (χ4n) is 3.22. The summed E-state index contributed by atoms with van der Waals surface area (Å²) in [6.07, 6.45) is 0. The van der Waals surface area contributed by atoms with Gasteiger partial charge in [0, 0.05) is 15.6 Å². The summed E-state index contributed by atoms with van der Waals surface area (Å²) in [6.45, 7) is 2.05. The highest BCUT2D eigenvalue weighted by atomic mass is 32.1. The van der Waals surface area contributed by atoms with E-state index in [0.29, 0.717) is 0 Å². The zero-order chi connectivity index (χ0) is 16.1. The van der Waals surface area contributed by atoms with Crippen LogP contribution in [0.2, 0.25) is 0 Å². The van der Waals surface area contributed by atoms with E-state index in [9.17, 15) is 0 Å². The Bertz CT molecular complexity index is 1220. The van der Waals surface area contributed by atoms with Gasteiger partial charge in [0.15, 0.2) is 0 Å². The number of aryl methyl sites for hydroxylation is 1. The molecule has 0 saturated heterocycles. The normalized spacial score (nSPS) is 11.5. The number of aromatic nitrogens is 2. The molecule has 3 heteroatoms. The number of hydrogen-bond donors (Lipinski definition) is 0. The van der Waals surface area contributed by atoms with Crippen LogP contribution in [0, 0.1) is 6.92 Å². The first-order chi connectivity index (χ1) is 11.8. The first-order valence-electron chi connectivity index (χ1n) is 7.95. The molecule has 114 valence electrons. The van der Waals surface area contributed by atoms with Crippen LogP contribution in [0.1, 0.15) is 5.69 Å². The molecule has 0 bridgehead atoms. The third-order valence-corrected chi connectivity index (χ3v) is 5.46. The van der Waals surface area contributed by atoms with Gasteiger partial charge in [0.05, 0.1) is 11.4 Å². The summed E-state index contributed by atoms with van der Waals surface area (Å²) in [7, 11) is 0. The van der Waals surface area contributed by atoms with Crippen molar-refractivity contribution in [2.75, 3.05) is 0 Å². The van der Waals surface area contributed by atoms with Crippen molar-refractivity contribution in [2.45, 2.75) is 6.92 Å². The second-order valence-corrected chi connectivity index (χ2v) is 7.00. The summed E-state index contributed by atoms with van der Waals surface area (Å²) in [6, 6.07) is 23.3. The van der Waals surface area contributed by atoms with Gasteiger partial charge in [0.1, 0.15) is 10.3 Å². The molecule has 3 aromatic carbocycles. The average Bonchev–Trinajstić information content (AvgIpc) is 2.98. The molecule has 5 aromatic rings. The van der Waals surface area contributed by atoms with Crippen molar-refractivity contribution in [3.63, 3.8) is 0 Å². The highest BCUT2D eigenvalue weighted by Gasteiger charge is 2.12. The molecule has 24 heavy (non-hydrogen) atoms. The predicted molar refractivity (Wildman–Crippen MR) is 103 cm³/mol. The zero-order valence-electron chi connectivity index (χ0n) is 13.2. The maximum Gasteiger partial charge on any atom is 0.143 e. The molecular formula is C21H14N2S. The molecule has 0 aliphatic carbocycles. The van der Waals surface area contributed by atoms with Crippen molar-refractivity contribution in [2.24, 2.45) is 0 Å². The van der Waals surface area contributed by atoms with E-state index in [2.05, 4.69) is 66.7 Å². The van der Waals surface area contributed by atoms with E-state index in [-0.39, 0.29) is 0 Å². The van der Waals surface area contributed by atoms with Crippen molar-refractivity contribution >= 4 is 42.5 Å². The van der Waals surface area contributed by atoms with Crippen LogP contribution in [0.3, 0.4) is 0 Å².